The van der Waals surface area contributed by atoms with Crippen LogP contribution in [0.25, 0.3) is 22.0 Å². The van der Waals surface area contributed by atoms with Crippen LogP contribution in [0.2, 0.25) is 0 Å². The number of hydrogen-bond acceptors (Lipinski definition) is 6. The smallest absolute Gasteiger partial charge is 0.349 e. The van der Waals surface area contributed by atoms with Gasteiger partial charge in [-0.1, -0.05) is 34.2 Å². The van der Waals surface area contributed by atoms with Crippen LogP contribution in [0.3, 0.4) is 0 Å². The van der Waals surface area contributed by atoms with Crippen LogP contribution in [0, 0.1) is 6.92 Å². The summed E-state index contributed by atoms with van der Waals surface area (Å²) < 4.78 is 12.8. The highest BCUT2D eigenvalue weighted by Crippen LogP contribution is 2.31. The standard InChI is InChI=1S/C26H23BrN4O4/c1-14-19-11-20-21(12-22(19)35-25(33)23(14)24(28)32)31(13-15-3-5-16(27)6-4-15)26(30-20)29-17-7-9-18(34-2)10-8-17/h3-5,7-12,16H,6,13H2,1-2H3,(H2,28,32)(H,29,30). The van der Waals surface area contributed by atoms with Gasteiger partial charge in [0.1, 0.15) is 16.9 Å². The number of aromatic nitrogens is 2. The summed E-state index contributed by atoms with van der Waals surface area (Å²) in [4.78, 5) is 29.4. The number of anilines is 2. The second-order valence-corrected chi connectivity index (χ2v) is 9.53. The Labute approximate surface area is 209 Å². The van der Waals surface area contributed by atoms with Gasteiger partial charge in [0.15, 0.2) is 0 Å². The van der Waals surface area contributed by atoms with Crippen molar-refractivity contribution in [1.29, 1.82) is 0 Å². The number of halogens is 1. The van der Waals surface area contributed by atoms with Crippen molar-refractivity contribution in [1.82, 2.24) is 9.55 Å². The lowest BCUT2D eigenvalue weighted by Gasteiger charge is -2.15. The minimum atomic E-state index is -0.813. The number of primary amides is 1. The molecule has 1 aliphatic carbocycles. The van der Waals surface area contributed by atoms with Gasteiger partial charge in [0, 0.05) is 22.0 Å². The first-order valence-corrected chi connectivity index (χ1v) is 12.0. The molecule has 1 amide bonds. The number of hydrogen-bond donors (Lipinski definition) is 2. The Kier molecular flexibility index (Phi) is 5.94. The average Bonchev–Trinajstić information content (AvgIpc) is 3.15. The molecule has 9 heteroatoms. The Morgan fingerprint density at radius 1 is 1.31 bits per heavy atom. The molecule has 0 spiro atoms. The maximum Gasteiger partial charge on any atom is 0.349 e. The van der Waals surface area contributed by atoms with E-state index in [0.29, 0.717) is 39.4 Å². The molecule has 0 saturated heterocycles. The van der Waals surface area contributed by atoms with Crippen LogP contribution in [0.4, 0.5) is 11.6 Å². The first kappa shape index (κ1) is 22.9. The van der Waals surface area contributed by atoms with Crippen molar-refractivity contribution in [2.24, 2.45) is 5.73 Å². The van der Waals surface area contributed by atoms with Crippen molar-refractivity contribution in [2.75, 3.05) is 12.4 Å². The number of ether oxygens (including phenoxy) is 1. The van der Waals surface area contributed by atoms with Gasteiger partial charge in [0.05, 0.1) is 24.7 Å². The first-order chi connectivity index (χ1) is 16.8. The monoisotopic (exact) mass is 534 g/mol. The highest BCUT2D eigenvalue weighted by molar-refractivity contribution is 9.09. The molecule has 2 aromatic heterocycles. The summed E-state index contributed by atoms with van der Waals surface area (Å²) in [5.41, 5.74) is 8.84. The third-order valence-corrected chi connectivity index (χ3v) is 6.77. The Morgan fingerprint density at radius 3 is 2.74 bits per heavy atom. The van der Waals surface area contributed by atoms with Gasteiger partial charge in [0.25, 0.3) is 5.91 Å². The molecule has 1 aliphatic rings. The highest BCUT2D eigenvalue weighted by atomic mass is 79.9. The van der Waals surface area contributed by atoms with E-state index in [1.807, 2.05) is 34.9 Å². The van der Waals surface area contributed by atoms with Gasteiger partial charge >= 0.3 is 5.63 Å². The van der Waals surface area contributed by atoms with E-state index in [9.17, 15) is 9.59 Å². The van der Waals surface area contributed by atoms with E-state index < -0.39 is 11.5 Å². The second-order valence-electron chi connectivity index (χ2n) is 8.36. The molecule has 0 fully saturated rings. The lowest BCUT2D eigenvalue weighted by Crippen LogP contribution is -2.22. The molecular weight excluding hydrogens is 512 g/mol. The highest BCUT2D eigenvalue weighted by Gasteiger charge is 2.20. The molecule has 5 rings (SSSR count). The van der Waals surface area contributed by atoms with Crippen molar-refractivity contribution in [3.63, 3.8) is 0 Å². The Balaban J connectivity index is 1.67. The number of aryl methyl sites for hydroxylation is 1. The van der Waals surface area contributed by atoms with Crippen molar-refractivity contribution in [3.8, 4) is 5.75 Å². The topological polar surface area (TPSA) is 112 Å². The normalized spacial score (nSPS) is 15.4. The summed E-state index contributed by atoms with van der Waals surface area (Å²) in [5.74, 6) is 0.575. The summed E-state index contributed by atoms with van der Waals surface area (Å²) in [6.07, 6.45) is 7.30. The zero-order valence-electron chi connectivity index (χ0n) is 19.2. The predicted molar refractivity (Wildman–Crippen MR) is 140 cm³/mol. The number of nitrogens with two attached hydrogens (primary N) is 1. The van der Waals surface area contributed by atoms with E-state index >= 15 is 0 Å². The van der Waals surface area contributed by atoms with Crippen LogP contribution in [0.15, 0.2) is 69.4 Å². The van der Waals surface area contributed by atoms with E-state index in [0.717, 1.165) is 28.9 Å². The second kappa shape index (κ2) is 9.07. The molecule has 35 heavy (non-hydrogen) atoms. The number of methoxy groups -OCH3 is 1. The lowest BCUT2D eigenvalue weighted by atomic mass is 10.0. The quantitative estimate of drug-likeness (QED) is 0.267. The SMILES string of the molecule is COc1ccc(Nc2nc3cc4c(C)c(C(N)=O)c(=O)oc4cc3n2CC2=CCC(Br)C=C2)cc1. The van der Waals surface area contributed by atoms with Crippen molar-refractivity contribution >= 4 is 55.5 Å². The summed E-state index contributed by atoms with van der Waals surface area (Å²) in [7, 11) is 1.62. The van der Waals surface area contributed by atoms with Crippen LogP contribution in [-0.4, -0.2) is 27.4 Å². The van der Waals surface area contributed by atoms with Crippen molar-refractivity contribution in [2.45, 2.75) is 24.7 Å². The Morgan fingerprint density at radius 2 is 2.09 bits per heavy atom. The van der Waals surface area contributed by atoms with Gasteiger partial charge in [-0.2, -0.15) is 0 Å². The van der Waals surface area contributed by atoms with Crippen LogP contribution in [0.1, 0.15) is 22.3 Å². The number of nitrogens with one attached hydrogen (secondary N) is 1. The number of carbonyl (C=O) groups excluding carboxylic acids is 1. The number of amides is 1. The van der Waals surface area contributed by atoms with E-state index in [4.69, 9.17) is 19.9 Å². The van der Waals surface area contributed by atoms with Gasteiger partial charge in [0.2, 0.25) is 5.95 Å². The van der Waals surface area contributed by atoms with Gasteiger partial charge in [-0.25, -0.2) is 9.78 Å². The van der Waals surface area contributed by atoms with Crippen LogP contribution < -0.4 is 21.4 Å². The molecule has 8 nitrogen and oxygen atoms in total. The van der Waals surface area contributed by atoms with Crippen molar-refractivity contribution in [3.05, 3.63) is 81.7 Å². The minimum Gasteiger partial charge on any atom is -0.497 e. The molecule has 178 valence electrons. The van der Waals surface area contributed by atoms with E-state index in [2.05, 4.69) is 39.5 Å². The fourth-order valence-corrected chi connectivity index (χ4v) is 4.59. The molecule has 4 aromatic rings. The summed E-state index contributed by atoms with van der Waals surface area (Å²) in [6.45, 7) is 2.26. The molecular formula is C26H23BrN4O4. The summed E-state index contributed by atoms with van der Waals surface area (Å²) in [6, 6.07) is 11.2. The Bertz CT molecular complexity index is 1580. The summed E-state index contributed by atoms with van der Waals surface area (Å²) >= 11 is 3.61. The fourth-order valence-electron chi connectivity index (χ4n) is 4.25. The number of fused-ring (bicyclic) bond motifs is 2. The average molecular weight is 535 g/mol. The molecule has 0 saturated carbocycles. The number of rotatable bonds is 6. The fraction of sp³-hybridized carbons (Fsp3) is 0.192. The van der Waals surface area contributed by atoms with Gasteiger partial charge in [-0.05, 0) is 54.8 Å². The number of nitrogens with zero attached hydrogens (tertiary/aromatic N) is 2. The molecule has 2 aromatic carbocycles. The molecule has 3 N–H and O–H groups in total. The van der Waals surface area contributed by atoms with E-state index in [-0.39, 0.29) is 5.56 Å². The van der Waals surface area contributed by atoms with E-state index in [1.54, 1.807) is 20.1 Å². The maximum atomic E-state index is 12.4. The lowest BCUT2D eigenvalue weighted by molar-refractivity contribution is 0.0996. The van der Waals surface area contributed by atoms with Gasteiger partial charge in [-0.15, -0.1) is 0 Å². The largest absolute Gasteiger partial charge is 0.497 e. The third kappa shape index (κ3) is 4.35. The van der Waals surface area contributed by atoms with Crippen molar-refractivity contribution < 1.29 is 13.9 Å². The molecule has 2 heterocycles. The minimum absolute atomic E-state index is 0.144. The number of benzene rings is 2. The number of allylic oxidation sites excluding steroid dienone is 4. The summed E-state index contributed by atoms with van der Waals surface area (Å²) in [5, 5.41) is 4.01. The molecule has 0 bridgehead atoms. The number of carbonyl (C=O) groups is 1. The van der Waals surface area contributed by atoms with E-state index in [1.165, 1.54) is 0 Å². The Hall–Kier alpha value is -3.85. The van der Waals surface area contributed by atoms with Crippen LogP contribution >= 0.6 is 15.9 Å². The van der Waals surface area contributed by atoms with Gasteiger partial charge < -0.3 is 24.8 Å². The maximum absolute atomic E-state index is 12.4. The number of imidazole rings is 1. The predicted octanol–water partition coefficient (Wildman–Crippen LogP) is 4.95. The number of alkyl halides is 1. The first-order valence-electron chi connectivity index (χ1n) is 11.0. The molecule has 0 aliphatic heterocycles. The van der Waals surface area contributed by atoms with Gasteiger partial charge in [-0.3, -0.25) is 4.79 Å². The molecule has 0 radical (unpaired) electrons. The van der Waals surface area contributed by atoms with Crippen LogP contribution in [-0.2, 0) is 6.54 Å². The zero-order valence-corrected chi connectivity index (χ0v) is 20.8. The third-order valence-electron chi connectivity index (χ3n) is 6.09. The van der Waals surface area contributed by atoms with Crippen LogP contribution in [0.5, 0.6) is 5.75 Å². The molecule has 1 unspecified atom stereocenters. The molecule has 1 atom stereocenters. The zero-order chi connectivity index (χ0) is 24.7.